The minimum atomic E-state index is -0.365. The van der Waals surface area contributed by atoms with E-state index in [-0.39, 0.29) is 42.7 Å². The van der Waals surface area contributed by atoms with E-state index in [1.165, 1.54) is 23.3 Å². The molecule has 1 aromatic rings. The van der Waals surface area contributed by atoms with E-state index in [9.17, 15) is 19.2 Å². The van der Waals surface area contributed by atoms with Gasteiger partial charge in [-0.25, -0.2) is 0 Å². The van der Waals surface area contributed by atoms with E-state index in [2.05, 4.69) is 21.2 Å². The van der Waals surface area contributed by atoms with Crippen LogP contribution in [0.15, 0.2) is 15.9 Å². The minimum absolute atomic E-state index is 0.102. The smallest absolute Gasteiger partial charge is 0.310 e. The van der Waals surface area contributed by atoms with Gasteiger partial charge < -0.3 is 19.9 Å². The second-order valence-electron chi connectivity index (χ2n) is 6.47. The first kappa shape index (κ1) is 22.4. The lowest BCUT2D eigenvalue weighted by atomic mass is 9.98. The van der Waals surface area contributed by atoms with Gasteiger partial charge in [-0.2, -0.15) is 0 Å². The fourth-order valence-corrected chi connectivity index (χ4v) is 4.16. The number of nitrogens with one attached hydrogen (secondary N) is 1. The SMILES string of the molecule is CCOC(=O)C1CCCN(C(=O)CN(C)C(=O)CNC(=O)c2ccc(Br)s2)C1. The molecule has 0 aliphatic carbocycles. The molecule has 1 saturated heterocycles. The van der Waals surface area contributed by atoms with Gasteiger partial charge in [-0.1, -0.05) is 0 Å². The maximum Gasteiger partial charge on any atom is 0.310 e. The van der Waals surface area contributed by atoms with Crippen LogP contribution in [0.5, 0.6) is 0 Å². The summed E-state index contributed by atoms with van der Waals surface area (Å²) in [5.41, 5.74) is 0. The molecule has 1 N–H and O–H groups in total. The topological polar surface area (TPSA) is 96.0 Å². The van der Waals surface area contributed by atoms with E-state index in [1.54, 1.807) is 24.0 Å². The van der Waals surface area contributed by atoms with Crippen molar-refractivity contribution >= 4 is 51.0 Å². The van der Waals surface area contributed by atoms with Crippen LogP contribution in [0, 0.1) is 5.92 Å². The molecule has 1 aromatic heterocycles. The van der Waals surface area contributed by atoms with Crippen LogP contribution in [0.1, 0.15) is 29.4 Å². The number of hydrogen-bond donors (Lipinski definition) is 1. The summed E-state index contributed by atoms with van der Waals surface area (Å²) in [6, 6.07) is 3.42. The summed E-state index contributed by atoms with van der Waals surface area (Å²) in [6.07, 6.45) is 1.42. The number of carbonyl (C=O) groups excluding carboxylic acids is 4. The van der Waals surface area contributed by atoms with Crippen molar-refractivity contribution in [2.45, 2.75) is 19.8 Å². The van der Waals surface area contributed by atoms with E-state index < -0.39 is 0 Å². The number of rotatable bonds is 7. The van der Waals surface area contributed by atoms with Crippen molar-refractivity contribution in [1.82, 2.24) is 15.1 Å². The maximum absolute atomic E-state index is 12.5. The zero-order valence-corrected chi connectivity index (χ0v) is 18.3. The number of piperidine rings is 1. The van der Waals surface area contributed by atoms with Crippen molar-refractivity contribution in [2.75, 3.05) is 39.8 Å². The van der Waals surface area contributed by atoms with Crippen LogP contribution in [-0.2, 0) is 19.1 Å². The number of hydrogen-bond acceptors (Lipinski definition) is 6. The first-order valence-electron chi connectivity index (χ1n) is 9.03. The van der Waals surface area contributed by atoms with Gasteiger partial charge in [-0.15, -0.1) is 11.3 Å². The van der Waals surface area contributed by atoms with Crippen LogP contribution in [0.25, 0.3) is 0 Å². The summed E-state index contributed by atoms with van der Waals surface area (Å²) in [5.74, 6) is -1.53. The Morgan fingerprint density at radius 2 is 2.11 bits per heavy atom. The largest absolute Gasteiger partial charge is 0.466 e. The van der Waals surface area contributed by atoms with Gasteiger partial charge in [0.25, 0.3) is 5.91 Å². The van der Waals surface area contributed by atoms with E-state index in [0.29, 0.717) is 31.0 Å². The van der Waals surface area contributed by atoms with Crippen molar-refractivity contribution in [3.63, 3.8) is 0 Å². The first-order chi connectivity index (χ1) is 13.3. The molecule has 0 aromatic carbocycles. The molecular formula is C18H24BrN3O5S. The molecular weight excluding hydrogens is 450 g/mol. The number of thiophene rings is 1. The van der Waals surface area contributed by atoms with Gasteiger partial charge >= 0.3 is 5.97 Å². The van der Waals surface area contributed by atoms with Gasteiger partial charge in [0, 0.05) is 20.1 Å². The lowest BCUT2D eigenvalue weighted by molar-refractivity contribution is -0.152. The Bertz CT molecular complexity index is 739. The minimum Gasteiger partial charge on any atom is -0.466 e. The Kier molecular flexibility index (Phi) is 8.43. The highest BCUT2D eigenvalue weighted by molar-refractivity contribution is 9.11. The third-order valence-corrected chi connectivity index (χ3v) is 6.01. The van der Waals surface area contributed by atoms with Gasteiger partial charge in [-0.3, -0.25) is 19.2 Å². The van der Waals surface area contributed by atoms with E-state index in [1.807, 2.05) is 0 Å². The van der Waals surface area contributed by atoms with E-state index in [4.69, 9.17) is 4.74 Å². The lowest BCUT2D eigenvalue weighted by Crippen LogP contribution is -2.48. The van der Waals surface area contributed by atoms with Crippen LogP contribution < -0.4 is 5.32 Å². The quantitative estimate of drug-likeness (QED) is 0.605. The third-order valence-electron chi connectivity index (χ3n) is 4.39. The molecule has 0 bridgehead atoms. The second-order valence-corrected chi connectivity index (χ2v) is 8.93. The van der Waals surface area contributed by atoms with Gasteiger partial charge in [0.05, 0.1) is 34.3 Å². The Morgan fingerprint density at radius 1 is 1.36 bits per heavy atom. The molecule has 1 fully saturated rings. The number of amides is 3. The molecule has 0 radical (unpaired) electrons. The average molecular weight is 474 g/mol. The molecule has 2 rings (SSSR count). The van der Waals surface area contributed by atoms with E-state index >= 15 is 0 Å². The fraction of sp³-hybridized carbons (Fsp3) is 0.556. The zero-order valence-electron chi connectivity index (χ0n) is 15.9. The highest BCUT2D eigenvalue weighted by atomic mass is 79.9. The standard InChI is InChI=1S/C18H24BrN3O5S/c1-3-27-18(26)12-5-4-8-22(10-12)16(24)11-21(2)15(23)9-20-17(25)13-6-7-14(19)28-13/h6-7,12H,3-5,8-11H2,1-2H3,(H,20,25). The van der Waals surface area contributed by atoms with Crippen LogP contribution in [-0.4, -0.2) is 73.3 Å². The molecule has 0 saturated carbocycles. The predicted octanol–water partition coefficient (Wildman–Crippen LogP) is 1.50. The molecule has 10 heteroatoms. The molecule has 3 amide bonds. The van der Waals surface area contributed by atoms with Crippen molar-refractivity contribution < 1.29 is 23.9 Å². The Hall–Kier alpha value is -1.94. The van der Waals surface area contributed by atoms with Crippen molar-refractivity contribution in [3.05, 3.63) is 20.8 Å². The molecule has 28 heavy (non-hydrogen) atoms. The third kappa shape index (κ3) is 6.30. The van der Waals surface area contributed by atoms with Crippen molar-refractivity contribution in [3.8, 4) is 0 Å². The maximum atomic E-state index is 12.5. The number of likely N-dealkylation sites (tertiary alicyclic amines) is 1. The summed E-state index contributed by atoms with van der Waals surface area (Å²) < 4.78 is 5.87. The molecule has 1 aliphatic heterocycles. The number of esters is 1. The van der Waals surface area contributed by atoms with Gasteiger partial charge in [0.1, 0.15) is 0 Å². The fourth-order valence-electron chi connectivity index (χ4n) is 2.86. The summed E-state index contributed by atoms with van der Waals surface area (Å²) in [5, 5.41) is 2.56. The van der Waals surface area contributed by atoms with Crippen LogP contribution in [0.2, 0.25) is 0 Å². The zero-order chi connectivity index (χ0) is 20.7. The molecule has 8 nitrogen and oxygen atoms in total. The second kappa shape index (κ2) is 10.6. The lowest BCUT2D eigenvalue weighted by Gasteiger charge is -2.32. The highest BCUT2D eigenvalue weighted by Crippen LogP contribution is 2.21. The van der Waals surface area contributed by atoms with E-state index in [0.717, 1.165) is 10.2 Å². The molecule has 1 atom stereocenters. The summed E-state index contributed by atoms with van der Waals surface area (Å²) in [6.45, 7) is 2.64. The van der Waals surface area contributed by atoms with Gasteiger partial charge in [0.15, 0.2) is 0 Å². The Morgan fingerprint density at radius 3 is 2.75 bits per heavy atom. The average Bonchev–Trinajstić information content (AvgIpc) is 3.12. The number of likely N-dealkylation sites (N-methyl/N-ethyl adjacent to an activating group) is 1. The summed E-state index contributed by atoms with van der Waals surface area (Å²) in [7, 11) is 1.51. The Balaban J connectivity index is 1.79. The monoisotopic (exact) mass is 473 g/mol. The van der Waals surface area contributed by atoms with Crippen LogP contribution in [0.3, 0.4) is 0 Å². The van der Waals surface area contributed by atoms with Gasteiger partial charge in [-0.05, 0) is 47.8 Å². The number of nitrogens with zero attached hydrogens (tertiary/aromatic N) is 2. The summed E-state index contributed by atoms with van der Waals surface area (Å²) in [4.78, 5) is 52.0. The molecule has 2 heterocycles. The normalized spacial score (nSPS) is 16.4. The van der Waals surface area contributed by atoms with Gasteiger partial charge in [0.2, 0.25) is 11.8 Å². The Labute approximate surface area is 176 Å². The predicted molar refractivity (Wildman–Crippen MR) is 108 cm³/mol. The first-order valence-corrected chi connectivity index (χ1v) is 10.6. The molecule has 0 spiro atoms. The molecule has 1 unspecified atom stereocenters. The number of carbonyl (C=O) groups is 4. The molecule has 1 aliphatic rings. The van der Waals surface area contributed by atoms with Crippen molar-refractivity contribution in [2.24, 2.45) is 5.92 Å². The summed E-state index contributed by atoms with van der Waals surface area (Å²) >= 11 is 4.55. The molecule has 154 valence electrons. The van der Waals surface area contributed by atoms with Crippen molar-refractivity contribution in [1.29, 1.82) is 0 Å². The van der Waals surface area contributed by atoms with Crippen LogP contribution >= 0.6 is 27.3 Å². The number of halogens is 1. The van der Waals surface area contributed by atoms with Crippen LogP contribution in [0.4, 0.5) is 0 Å². The number of ether oxygens (including phenoxy) is 1. The highest BCUT2D eigenvalue weighted by Gasteiger charge is 2.30.